The molecule has 2 aromatic carbocycles. The summed E-state index contributed by atoms with van der Waals surface area (Å²) < 4.78 is 0.834. The zero-order valence-corrected chi connectivity index (χ0v) is 15.0. The van der Waals surface area contributed by atoms with Crippen molar-refractivity contribution in [2.24, 2.45) is 0 Å². The molecule has 5 heteroatoms. The van der Waals surface area contributed by atoms with Crippen LogP contribution in [0.1, 0.15) is 5.56 Å². The van der Waals surface area contributed by atoms with E-state index in [0.717, 1.165) is 32.3 Å². The molecular formula is C20H11AsN4. The molecule has 4 nitrogen and oxygen atoms in total. The third-order valence-corrected chi connectivity index (χ3v) is 4.67. The van der Waals surface area contributed by atoms with Crippen LogP contribution in [0.4, 0.5) is 0 Å². The number of aromatic nitrogens is 3. The first-order chi connectivity index (χ1) is 12.3. The molecule has 0 fully saturated rings. The normalized spacial score (nSPS) is 10.6. The molecule has 0 bridgehead atoms. The average molecular weight is 382 g/mol. The zero-order chi connectivity index (χ0) is 17.2. The molecule has 0 spiro atoms. The second-order valence-electron chi connectivity index (χ2n) is 5.51. The van der Waals surface area contributed by atoms with E-state index in [0.29, 0.717) is 11.2 Å². The van der Waals surface area contributed by atoms with Gasteiger partial charge in [0.1, 0.15) is 0 Å². The third kappa shape index (κ3) is 2.91. The van der Waals surface area contributed by atoms with Crippen molar-refractivity contribution >= 4 is 32.4 Å². The van der Waals surface area contributed by atoms with Gasteiger partial charge < -0.3 is 0 Å². The van der Waals surface area contributed by atoms with Crippen LogP contribution in [0.3, 0.4) is 0 Å². The van der Waals surface area contributed by atoms with E-state index in [1.54, 1.807) is 6.07 Å². The van der Waals surface area contributed by atoms with E-state index in [2.05, 4.69) is 45.0 Å². The summed E-state index contributed by atoms with van der Waals surface area (Å²) in [4.78, 5) is 13.4. The van der Waals surface area contributed by atoms with Gasteiger partial charge in [-0.2, -0.15) is 0 Å². The van der Waals surface area contributed by atoms with Crippen molar-refractivity contribution < 1.29 is 0 Å². The molecule has 2 aromatic heterocycles. The summed E-state index contributed by atoms with van der Waals surface area (Å²) in [6.07, 6.45) is 1.52. The van der Waals surface area contributed by atoms with Crippen LogP contribution in [0.25, 0.3) is 33.4 Å². The predicted molar refractivity (Wildman–Crippen MR) is 98.3 cm³/mol. The van der Waals surface area contributed by atoms with Gasteiger partial charge in [0.2, 0.25) is 0 Å². The maximum atomic E-state index is 9.16. The molecule has 0 aliphatic heterocycles. The second kappa shape index (κ2) is 6.47. The van der Waals surface area contributed by atoms with E-state index >= 15 is 0 Å². The first-order valence-electron chi connectivity index (χ1n) is 7.67. The first kappa shape index (κ1) is 15.5. The van der Waals surface area contributed by atoms with E-state index in [-0.39, 0.29) is 0 Å². The van der Waals surface area contributed by atoms with Gasteiger partial charge in [0.25, 0.3) is 0 Å². The number of nitriles is 1. The summed E-state index contributed by atoms with van der Waals surface area (Å²) >= 11 is 2.48. The fourth-order valence-electron chi connectivity index (χ4n) is 2.79. The van der Waals surface area contributed by atoms with Crippen molar-refractivity contribution in [3.63, 3.8) is 0 Å². The van der Waals surface area contributed by atoms with Gasteiger partial charge in [0.05, 0.1) is 0 Å². The number of nitrogens with zero attached hydrogens (tertiary/aromatic N) is 4. The SMILES string of the molecule is N#Cc1cccc(-c2cc(-c3ccccc3)c3c([As])ncnc3n2)c1. The molecule has 0 amide bonds. The standard InChI is InChI=1S/C20H11AsN4/c21-19-18-16(14-6-2-1-3-7-14)10-17(25-20(18)24-12-23-19)15-8-4-5-13(9-15)11-22/h1-10,12H. The summed E-state index contributed by atoms with van der Waals surface area (Å²) in [5.74, 6) is 0. The number of hydrogen-bond acceptors (Lipinski definition) is 4. The quantitative estimate of drug-likeness (QED) is 0.500. The third-order valence-electron chi connectivity index (χ3n) is 3.96. The Morgan fingerprint density at radius 2 is 1.68 bits per heavy atom. The Kier molecular flexibility index (Phi) is 4.01. The van der Waals surface area contributed by atoms with Crippen LogP contribution in [-0.2, 0) is 0 Å². The molecule has 4 aromatic rings. The van der Waals surface area contributed by atoms with Gasteiger partial charge in [-0.1, -0.05) is 0 Å². The summed E-state index contributed by atoms with van der Waals surface area (Å²) in [7, 11) is 0. The van der Waals surface area contributed by atoms with Gasteiger partial charge in [0, 0.05) is 0 Å². The Morgan fingerprint density at radius 3 is 2.48 bits per heavy atom. The molecule has 2 radical (unpaired) electrons. The molecule has 116 valence electrons. The van der Waals surface area contributed by atoms with Crippen molar-refractivity contribution in [2.75, 3.05) is 0 Å². The Morgan fingerprint density at radius 1 is 0.880 bits per heavy atom. The molecular weight excluding hydrogens is 371 g/mol. The van der Waals surface area contributed by atoms with Crippen LogP contribution in [0, 0.1) is 11.3 Å². The van der Waals surface area contributed by atoms with Crippen LogP contribution < -0.4 is 4.48 Å². The van der Waals surface area contributed by atoms with Gasteiger partial charge >= 0.3 is 154 Å². The van der Waals surface area contributed by atoms with Crippen LogP contribution >= 0.6 is 0 Å². The molecule has 0 N–H and O–H groups in total. The van der Waals surface area contributed by atoms with Gasteiger partial charge in [-0.3, -0.25) is 0 Å². The first-order valence-corrected chi connectivity index (χ1v) is 8.61. The monoisotopic (exact) mass is 382 g/mol. The maximum absolute atomic E-state index is 9.16. The van der Waals surface area contributed by atoms with Crippen molar-refractivity contribution in [3.8, 4) is 28.5 Å². The fraction of sp³-hybridized carbons (Fsp3) is 0. The molecule has 0 aliphatic carbocycles. The Balaban J connectivity index is 2.04. The van der Waals surface area contributed by atoms with E-state index < -0.39 is 0 Å². The molecule has 0 atom stereocenters. The van der Waals surface area contributed by atoms with Crippen LogP contribution in [0.2, 0.25) is 0 Å². The number of benzene rings is 2. The van der Waals surface area contributed by atoms with Gasteiger partial charge in [-0.25, -0.2) is 0 Å². The molecule has 0 unspecified atom stereocenters. The Labute approximate surface area is 153 Å². The second-order valence-corrected chi connectivity index (χ2v) is 6.40. The van der Waals surface area contributed by atoms with E-state index in [1.165, 1.54) is 6.33 Å². The summed E-state index contributed by atoms with van der Waals surface area (Å²) in [5.41, 5.74) is 5.03. The van der Waals surface area contributed by atoms with Crippen molar-refractivity contribution in [1.29, 1.82) is 5.26 Å². The van der Waals surface area contributed by atoms with Crippen LogP contribution in [-0.4, -0.2) is 31.8 Å². The van der Waals surface area contributed by atoms with Crippen LogP contribution in [0.15, 0.2) is 67.0 Å². The number of hydrogen-bond donors (Lipinski definition) is 0. The van der Waals surface area contributed by atoms with Crippen molar-refractivity contribution in [1.82, 2.24) is 15.0 Å². The summed E-state index contributed by atoms with van der Waals surface area (Å²) in [6.45, 7) is 0. The minimum absolute atomic E-state index is 0.608. The number of pyridine rings is 1. The summed E-state index contributed by atoms with van der Waals surface area (Å²) in [6, 6.07) is 21.8. The number of rotatable bonds is 2. The molecule has 4 rings (SSSR count). The van der Waals surface area contributed by atoms with Crippen LogP contribution in [0.5, 0.6) is 0 Å². The van der Waals surface area contributed by atoms with Gasteiger partial charge in [-0.05, 0) is 0 Å². The zero-order valence-electron chi connectivity index (χ0n) is 13.1. The molecule has 25 heavy (non-hydrogen) atoms. The minimum atomic E-state index is 0.608. The molecule has 0 saturated carbocycles. The summed E-state index contributed by atoms with van der Waals surface area (Å²) in [5, 5.41) is 10.1. The average Bonchev–Trinajstić information content (AvgIpc) is 2.68. The van der Waals surface area contributed by atoms with E-state index in [9.17, 15) is 0 Å². The van der Waals surface area contributed by atoms with Gasteiger partial charge in [0.15, 0.2) is 0 Å². The topological polar surface area (TPSA) is 62.5 Å². The Hall–Kier alpha value is -3.02. The molecule has 2 heterocycles. The van der Waals surface area contributed by atoms with Gasteiger partial charge in [-0.15, -0.1) is 0 Å². The Bertz CT molecular complexity index is 1120. The van der Waals surface area contributed by atoms with E-state index in [1.807, 2.05) is 42.5 Å². The molecule has 0 saturated heterocycles. The fourth-order valence-corrected chi connectivity index (χ4v) is 3.36. The van der Waals surface area contributed by atoms with Crippen molar-refractivity contribution in [2.45, 2.75) is 0 Å². The molecule has 0 aliphatic rings. The predicted octanol–water partition coefficient (Wildman–Crippen LogP) is 3.02. The van der Waals surface area contributed by atoms with E-state index in [4.69, 9.17) is 10.2 Å². The van der Waals surface area contributed by atoms with Crippen molar-refractivity contribution in [3.05, 3.63) is 72.6 Å². The number of fused-ring (bicyclic) bond motifs is 1.